The molecule has 11 heteroatoms. The van der Waals surface area contributed by atoms with Gasteiger partial charge in [-0.25, -0.2) is 4.79 Å². The summed E-state index contributed by atoms with van der Waals surface area (Å²) in [7, 11) is 1.40. The summed E-state index contributed by atoms with van der Waals surface area (Å²) in [6, 6.07) is 3.80. The number of hydrogen-bond acceptors (Lipinski definition) is 6. The van der Waals surface area contributed by atoms with Gasteiger partial charge in [0.2, 0.25) is 5.91 Å². The van der Waals surface area contributed by atoms with Gasteiger partial charge in [0, 0.05) is 12.8 Å². The van der Waals surface area contributed by atoms with Crippen LogP contribution in [0.2, 0.25) is 0 Å². The summed E-state index contributed by atoms with van der Waals surface area (Å²) in [5, 5.41) is 4.97. The first-order chi connectivity index (χ1) is 13.3. The highest BCUT2D eigenvalue weighted by Crippen LogP contribution is 2.31. The number of anilines is 1. The molecule has 154 valence electrons. The Morgan fingerprint density at radius 1 is 1.21 bits per heavy atom. The van der Waals surface area contributed by atoms with Crippen molar-refractivity contribution >= 4 is 17.7 Å². The van der Waals surface area contributed by atoms with Crippen molar-refractivity contribution in [2.45, 2.75) is 30.5 Å². The predicted octanol–water partition coefficient (Wildman–Crippen LogP) is 1.55. The Hall–Kier alpha value is -2.37. The highest BCUT2D eigenvalue weighted by atomic mass is 19.4. The van der Waals surface area contributed by atoms with E-state index in [-0.39, 0.29) is 31.4 Å². The minimum Gasteiger partial charge on any atom is -0.441 e. The van der Waals surface area contributed by atoms with Gasteiger partial charge >= 0.3 is 12.3 Å². The normalized spacial score (nSPS) is 26.6. The number of amides is 2. The maximum atomic E-state index is 12.7. The molecule has 2 N–H and O–H groups in total. The van der Waals surface area contributed by atoms with Crippen LogP contribution in [0.3, 0.4) is 0 Å². The van der Waals surface area contributed by atoms with Crippen LogP contribution in [0.1, 0.15) is 5.56 Å². The van der Waals surface area contributed by atoms with Gasteiger partial charge in [-0.2, -0.15) is 13.2 Å². The van der Waals surface area contributed by atoms with Gasteiger partial charge in [-0.15, -0.1) is 0 Å². The summed E-state index contributed by atoms with van der Waals surface area (Å²) < 4.78 is 59.3. The minimum absolute atomic E-state index is 0.0436. The van der Waals surface area contributed by atoms with Crippen LogP contribution in [0.25, 0.3) is 0 Å². The fourth-order valence-electron chi connectivity index (χ4n) is 3.13. The topological polar surface area (TPSA) is 95.1 Å². The highest BCUT2D eigenvalue weighted by Gasteiger charge is 2.50. The molecule has 3 rings (SSSR count). The van der Waals surface area contributed by atoms with E-state index in [1.807, 2.05) is 0 Å². The Labute approximate surface area is 158 Å². The molecular weight excluding hydrogens is 385 g/mol. The number of hydrogen-bond donors (Lipinski definition) is 2. The molecular formula is C17H19F3N2O6. The van der Waals surface area contributed by atoms with Gasteiger partial charge in [0.15, 0.2) is 6.10 Å². The Bertz CT molecular complexity index is 729. The molecule has 2 aliphatic rings. The number of ether oxygens (including phenoxy) is 4. The number of halogens is 3. The summed E-state index contributed by atoms with van der Waals surface area (Å²) >= 11 is 0. The molecule has 0 radical (unpaired) electrons. The number of fused-ring (bicyclic) bond motifs is 1. The maximum absolute atomic E-state index is 12.7. The van der Waals surface area contributed by atoms with Crippen LogP contribution in [-0.4, -0.2) is 63.3 Å². The Morgan fingerprint density at radius 2 is 1.96 bits per heavy atom. The SMILES string of the molecule is COCC(=O)NC1COC2C(OC(=O)Nc3cccc(C(F)(F)F)c3)COC12. The summed E-state index contributed by atoms with van der Waals surface area (Å²) in [6.07, 6.45) is -7.27. The van der Waals surface area contributed by atoms with Crippen molar-refractivity contribution in [2.75, 3.05) is 32.2 Å². The largest absolute Gasteiger partial charge is 0.441 e. The first kappa shape index (κ1) is 20.4. The van der Waals surface area contributed by atoms with Gasteiger partial charge in [0.1, 0.15) is 18.8 Å². The van der Waals surface area contributed by atoms with E-state index in [4.69, 9.17) is 18.9 Å². The molecule has 1 aromatic carbocycles. The van der Waals surface area contributed by atoms with Gasteiger partial charge < -0.3 is 24.3 Å². The smallest absolute Gasteiger partial charge is 0.416 e. The quantitative estimate of drug-likeness (QED) is 0.773. The van der Waals surface area contributed by atoms with Gasteiger partial charge in [0.05, 0.1) is 24.8 Å². The standard InChI is InChI=1S/C17H19F3N2O6/c1-25-8-13(23)22-11-6-26-15-12(7-27-14(11)15)28-16(24)21-10-4-2-3-9(5-10)17(18,19)20/h2-5,11-12,14-15H,6-8H2,1H3,(H,21,24)(H,22,23). The molecule has 4 unspecified atom stereocenters. The number of rotatable bonds is 5. The van der Waals surface area contributed by atoms with Crippen LogP contribution in [0.5, 0.6) is 0 Å². The molecule has 2 amide bonds. The third-order valence-electron chi connectivity index (χ3n) is 4.32. The van der Waals surface area contributed by atoms with Crippen LogP contribution < -0.4 is 10.6 Å². The fourth-order valence-corrected chi connectivity index (χ4v) is 3.13. The summed E-state index contributed by atoms with van der Waals surface area (Å²) in [4.78, 5) is 23.7. The van der Waals surface area contributed by atoms with Gasteiger partial charge in [-0.3, -0.25) is 10.1 Å². The number of benzene rings is 1. The van der Waals surface area contributed by atoms with Gasteiger partial charge in [-0.1, -0.05) is 6.07 Å². The molecule has 1 aromatic rings. The zero-order valence-electron chi connectivity index (χ0n) is 14.8. The van der Waals surface area contributed by atoms with Gasteiger partial charge in [0.25, 0.3) is 0 Å². The van der Waals surface area contributed by atoms with E-state index < -0.39 is 42.2 Å². The summed E-state index contributed by atoms with van der Waals surface area (Å²) in [5.41, 5.74) is -0.935. The molecule has 28 heavy (non-hydrogen) atoms. The summed E-state index contributed by atoms with van der Waals surface area (Å²) in [6.45, 7) is 0.120. The first-order valence-corrected chi connectivity index (χ1v) is 8.44. The second kappa shape index (κ2) is 8.33. The van der Waals surface area contributed by atoms with Crippen LogP contribution in [-0.2, 0) is 29.9 Å². The Morgan fingerprint density at radius 3 is 2.68 bits per heavy atom. The predicted molar refractivity (Wildman–Crippen MR) is 88.6 cm³/mol. The van der Waals surface area contributed by atoms with Crippen molar-refractivity contribution in [3.05, 3.63) is 29.8 Å². The third-order valence-corrected chi connectivity index (χ3v) is 4.32. The molecule has 2 aliphatic heterocycles. The average molecular weight is 404 g/mol. The number of carbonyl (C=O) groups is 2. The van der Waals surface area contributed by atoms with Crippen LogP contribution in [0.15, 0.2) is 24.3 Å². The van der Waals surface area contributed by atoms with Crippen molar-refractivity contribution in [2.24, 2.45) is 0 Å². The summed E-state index contributed by atoms with van der Waals surface area (Å²) in [5.74, 6) is -0.327. The molecule has 0 bridgehead atoms. The minimum atomic E-state index is -4.52. The van der Waals surface area contributed by atoms with E-state index >= 15 is 0 Å². The molecule has 8 nitrogen and oxygen atoms in total. The number of methoxy groups -OCH3 is 1. The van der Waals surface area contributed by atoms with E-state index in [9.17, 15) is 22.8 Å². The van der Waals surface area contributed by atoms with Crippen molar-refractivity contribution < 1.29 is 41.7 Å². The second-order valence-electron chi connectivity index (χ2n) is 6.35. The molecule has 0 spiro atoms. The number of carbonyl (C=O) groups excluding carboxylic acids is 2. The lowest BCUT2D eigenvalue weighted by molar-refractivity contribution is -0.137. The first-order valence-electron chi connectivity index (χ1n) is 8.44. The Kier molecular flexibility index (Phi) is 6.06. The molecule has 0 aliphatic carbocycles. The Balaban J connectivity index is 1.54. The van der Waals surface area contributed by atoms with Crippen molar-refractivity contribution in [3.8, 4) is 0 Å². The second-order valence-corrected chi connectivity index (χ2v) is 6.35. The van der Waals surface area contributed by atoms with Crippen LogP contribution in [0, 0.1) is 0 Å². The number of alkyl halides is 3. The van der Waals surface area contributed by atoms with Crippen molar-refractivity contribution in [3.63, 3.8) is 0 Å². The maximum Gasteiger partial charge on any atom is 0.416 e. The number of nitrogens with one attached hydrogen (secondary N) is 2. The lowest BCUT2D eigenvalue weighted by Gasteiger charge is -2.18. The fraction of sp³-hybridized carbons (Fsp3) is 0.529. The molecule has 2 fully saturated rings. The lowest BCUT2D eigenvalue weighted by Crippen LogP contribution is -2.45. The van der Waals surface area contributed by atoms with Crippen molar-refractivity contribution in [1.29, 1.82) is 0 Å². The van der Waals surface area contributed by atoms with E-state index in [1.54, 1.807) is 0 Å². The van der Waals surface area contributed by atoms with Gasteiger partial charge in [-0.05, 0) is 18.2 Å². The average Bonchev–Trinajstić information content (AvgIpc) is 3.18. The molecule has 4 atom stereocenters. The zero-order chi connectivity index (χ0) is 20.3. The molecule has 0 saturated carbocycles. The lowest BCUT2D eigenvalue weighted by atomic mass is 10.1. The van der Waals surface area contributed by atoms with Crippen LogP contribution >= 0.6 is 0 Å². The van der Waals surface area contributed by atoms with E-state index in [1.165, 1.54) is 19.2 Å². The molecule has 2 saturated heterocycles. The van der Waals surface area contributed by atoms with E-state index in [2.05, 4.69) is 10.6 Å². The van der Waals surface area contributed by atoms with E-state index in [0.717, 1.165) is 12.1 Å². The third kappa shape index (κ3) is 4.72. The molecule has 0 aromatic heterocycles. The van der Waals surface area contributed by atoms with E-state index in [0.29, 0.717) is 0 Å². The monoisotopic (exact) mass is 404 g/mol. The molecule has 2 heterocycles. The van der Waals surface area contributed by atoms with Crippen LogP contribution in [0.4, 0.5) is 23.7 Å². The van der Waals surface area contributed by atoms with Crippen molar-refractivity contribution in [1.82, 2.24) is 5.32 Å². The highest BCUT2D eigenvalue weighted by molar-refractivity contribution is 5.84. The zero-order valence-corrected chi connectivity index (χ0v) is 14.8.